The summed E-state index contributed by atoms with van der Waals surface area (Å²) in [5.74, 6) is -0.383. The van der Waals surface area contributed by atoms with Gasteiger partial charge in [-0.2, -0.15) is 0 Å². The molecule has 3 saturated carbocycles. The van der Waals surface area contributed by atoms with Gasteiger partial charge in [0.2, 0.25) is 0 Å². The standard InChI is InChI=1S/C12H12BF4O/c1-18-10-4-8(2-3-9(10)14)11-5-12(6-11,7-11)13(15,16)17/h2-4H,5-7H2,1H3/q-1. The van der Waals surface area contributed by atoms with Crippen LogP contribution in [0.5, 0.6) is 5.75 Å². The van der Waals surface area contributed by atoms with Crippen LogP contribution in [0.3, 0.4) is 0 Å². The molecule has 0 atom stereocenters. The van der Waals surface area contributed by atoms with Gasteiger partial charge >= 0.3 is 6.98 Å². The number of benzene rings is 1. The van der Waals surface area contributed by atoms with E-state index in [1.54, 1.807) is 6.07 Å². The fraction of sp³-hybridized carbons (Fsp3) is 0.500. The average Bonchev–Trinajstić information content (AvgIpc) is 2.14. The van der Waals surface area contributed by atoms with E-state index in [-0.39, 0.29) is 25.0 Å². The largest absolute Gasteiger partial charge is 0.494 e. The van der Waals surface area contributed by atoms with E-state index in [2.05, 4.69) is 0 Å². The summed E-state index contributed by atoms with van der Waals surface area (Å²) in [5, 5.41) is -1.42. The fourth-order valence-corrected chi connectivity index (χ4v) is 3.51. The van der Waals surface area contributed by atoms with E-state index in [1.165, 1.54) is 19.2 Å². The van der Waals surface area contributed by atoms with Gasteiger partial charge in [-0.05, 0) is 23.1 Å². The second kappa shape index (κ2) is 3.22. The van der Waals surface area contributed by atoms with Crippen LogP contribution in [0.15, 0.2) is 18.2 Å². The molecule has 0 unspecified atom stereocenters. The van der Waals surface area contributed by atoms with Crippen molar-refractivity contribution in [2.75, 3.05) is 7.11 Å². The molecule has 6 heteroatoms. The van der Waals surface area contributed by atoms with Crippen molar-refractivity contribution in [2.45, 2.75) is 30.0 Å². The molecular weight excluding hydrogens is 247 g/mol. The normalized spacial score (nSPS) is 33.6. The Morgan fingerprint density at radius 3 is 2.28 bits per heavy atom. The zero-order valence-corrected chi connectivity index (χ0v) is 9.85. The molecule has 0 radical (unpaired) electrons. The highest BCUT2D eigenvalue weighted by molar-refractivity contribution is 6.63. The summed E-state index contributed by atoms with van der Waals surface area (Å²) in [6.07, 6.45) is 0.453. The summed E-state index contributed by atoms with van der Waals surface area (Å²) in [5.41, 5.74) is 0.376. The van der Waals surface area contributed by atoms with Gasteiger partial charge in [-0.15, -0.1) is 0 Å². The number of halogens is 4. The lowest BCUT2D eigenvalue weighted by Crippen LogP contribution is -2.67. The second-order valence-corrected chi connectivity index (χ2v) is 5.60. The zero-order valence-electron chi connectivity index (χ0n) is 9.85. The van der Waals surface area contributed by atoms with E-state index in [1.807, 2.05) is 0 Å². The first-order valence-electron chi connectivity index (χ1n) is 5.85. The molecule has 1 nitrogen and oxygen atoms in total. The highest BCUT2D eigenvalue weighted by Gasteiger charge is 2.74. The average molecular weight is 259 g/mol. The molecule has 0 amide bonds. The number of methoxy groups -OCH3 is 1. The van der Waals surface area contributed by atoms with Crippen LogP contribution in [0.4, 0.5) is 17.3 Å². The Balaban J connectivity index is 1.85. The van der Waals surface area contributed by atoms with E-state index in [4.69, 9.17) is 4.74 Å². The minimum atomic E-state index is -4.76. The van der Waals surface area contributed by atoms with Crippen LogP contribution in [-0.4, -0.2) is 14.1 Å². The van der Waals surface area contributed by atoms with Gasteiger partial charge < -0.3 is 17.7 Å². The Hall–Kier alpha value is -1.20. The third kappa shape index (κ3) is 1.29. The van der Waals surface area contributed by atoms with E-state index in [0.717, 1.165) is 5.56 Å². The molecule has 3 aliphatic carbocycles. The first-order valence-corrected chi connectivity index (χ1v) is 5.85. The molecular formula is C12H12BF4O-. The van der Waals surface area contributed by atoms with E-state index < -0.39 is 23.5 Å². The first-order chi connectivity index (χ1) is 8.32. The van der Waals surface area contributed by atoms with Crippen LogP contribution in [0.1, 0.15) is 24.8 Å². The summed E-state index contributed by atoms with van der Waals surface area (Å²) in [6, 6.07) is 4.37. The lowest BCUT2D eigenvalue weighted by molar-refractivity contribution is -0.0402. The van der Waals surface area contributed by atoms with Gasteiger partial charge in [0.1, 0.15) is 0 Å². The van der Waals surface area contributed by atoms with Crippen molar-refractivity contribution >= 4 is 6.98 Å². The Kier molecular flexibility index (Phi) is 2.12. The summed E-state index contributed by atoms with van der Waals surface area (Å²) in [6.45, 7) is -4.76. The second-order valence-electron chi connectivity index (χ2n) is 5.60. The highest BCUT2D eigenvalue weighted by Crippen LogP contribution is 2.82. The van der Waals surface area contributed by atoms with Crippen molar-refractivity contribution in [1.82, 2.24) is 0 Å². The van der Waals surface area contributed by atoms with Gasteiger partial charge in [-0.1, -0.05) is 30.6 Å². The number of hydrogen-bond acceptors (Lipinski definition) is 1. The number of ether oxygens (including phenoxy) is 1. The molecule has 4 rings (SSSR count). The fourth-order valence-electron chi connectivity index (χ4n) is 3.51. The van der Waals surface area contributed by atoms with E-state index in [9.17, 15) is 17.3 Å². The molecule has 0 spiro atoms. The highest BCUT2D eigenvalue weighted by atomic mass is 19.4. The topological polar surface area (TPSA) is 9.23 Å². The lowest BCUT2D eigenvalue weighted by Gasteiger charge is -2.75. The van der Waals surface area contributed by atoms with Crippen LogP contribution >= 0.6 is 0 Å². The third-order valence-electron chi connectivity index (χ3n) is 4.53. The van der Waals surface area contributed by atoms with Gasteiger partial charge in [-0.3, -0.25) is 0 Å². The summed E-state index contributed by atoms with van der Waals surface area (Å²) in [7, 11) is 1.35. The van der Waals surface area contributed by atoms with Crippen LogP contribution in [0.25, 0.3) is 0 Å². The molecule has 0 saturated heterocycles. The summed E-state index contributed by atoms with van der Waals surface area (Å²) in [4.78, 5) is 0. The maximum atomic E-state index is 13.3. The Morgan fingerprint density at radius 1 is 1.17 bits per heavy atom. The Labute approximate surface area is 102 Å². The van der Waals surface area contributed by atoms with E-state index in [0.29, 0.717) is 0 Å². The van der Waals surface area contributed by atoms with Crippen molar-refractivity contribution in [3.05, 3.63) is 29.6 Å². The summed E-state index contributed by atoms with van der Waals surface area (Å²) >= 11 is 0. The molecule has 1 aromatic carbocycles. The van der Waals surface area contributed by atoms with Gasteiger partial charge in [0.05, 0.1) is 7.11 Å². The molecule has 3 fully saturated rings. The van der Waals surface area contributed by atoms with Crippen molar-refractivity contribution in [1.29, 1.82) is 0 Å². The van der Waals surface area contributed by atoms with Crippen LogP contribution < -0.4 is 4.74 Å². The minimum Gasteiger partial charge on any atom is -0.494 e. The molecule has 18 heavy (non-hydrogen) atoms. The summed E-state index contributed by atoms with van der Waals surface area (Å²) < 4.78 is 56.5. The van der Waals surface area contributed by atoms with Gasteiger partial charge in [0.15, 0.2) is 11.6 Å². The lowest BCUT2D eigenvalue weighted by atomic mass is 9.23. The van der Waals surface area contributed by atoms with Crippen molar-refractivity contribution in [2.24, 2.45) is 0 Å². The molecule has 0 aromatic heterocycles. The number of hydrogen-bond donors (Lipinski definition) is 0. The Morgan fingerprint density at radius 2 is 1.78 bits per heavy atom. The van der Waals surface area contributed by atoms with E-state index >= 15 is 0 Å². The van der Waals surface area contributed by atoms with Gasteiger partial charge in [0, 0.05) is 0 Å². The molecule has 0 N–H and O–H groups in total. The van der Waals surface area contributed by atoms with Gasteiger partial charge in [-0.25, -0.2) is 4.39 Å². The molecule has 98 valence electrons. The SMILES string of the molecule is COc1cc(C23CC([B-](F)(F)F)(C2)C3)ccc1F. The predicted molar refractivity (Wildman–Crippen MR) is 60.3 cm³/mol. The predicted octanol–water partition coefficient (Wildman–Crippen LogP) is 3.86. The van der Waals surface area contributed by atoms with Crippen LogP contribution in [-0.2, 0) is 5.41 Å². The minimum absolute atomic E-state index is 0.101. The molecule has 2 bridgehead atoms. The van der Waals surface area contributed by atoms with Crippen molar-refractivity contribution in [3.8, 4) is 5.75 Å². The molecule has 0 aliphatic heterocycles. The van der Waals surface area contributed by atoms with Gasteiger partial charge in [0.25, 0.3) is 0 Å². The van der Waals surface area contributed by atoms with Crippen molar-refractivity contribution in [3.63, 3.8) is 0 Å². The Bertz CT molecular complexity index is 492. The van der Waals surface area contributed by atoms with Crippen LogP contribution in [0.2, 0.25) is 5.31 Å². The first kappa shape index (κ1) is 11.9. The third-order valence-corrected chi connectivity index (χ3v) is 4.53. The maximum absolute atomic E-state index is 13.3. The number of rotatable bonds is 3. The zero-order chi connectivity index (χ0) is 13.2. The molecule has 1 aromatic rings. The quantitative estimate of drug-likeness (QED) is 0.591. The van der Waals surface area contributed by atoms with Crippen molar-refractivity contribution < 1.29 is 22.1 Å². The maximum Gasteiger partial charge on any atom is 0.484 e. The smallest absolute Gasteiger partial charge is 0.484 e. The molecule has 0 heterocycles. The monoisotopic (exact) mass is 259 g/mol. The van der Waals surface area contributed by atoms with Crippen LogP contribution in [0, 0.1) is 5.82 Å². The molecule has 3 aliphatic rings.